The van der Waals surface area contributed by atoms with Gasteiger partial charge in [0.2, 0.25) is 5.89 Å². The summed E-state index contributed by atoms with van der Waals surface area (Å²) in [6.07, 6.45) is -3.28. The van der Waals surface area contributed by atoms with Gasteiger partial charge in [0.25, 0.3) is 0 Å². The Morgan fingerprint density at radius 3 is 2.52 bits per heavy atom. The van der Waals surface area contributed by atoms with Crippen LogP contribution in [0.5, 0.6) is 0 Å². The fraction of sp³-hybridized carbons (Fsp3) is 0.833. The Labute approximate surface area is 120 Å². The zero-order valence-corrected chi connectivity index (χ0v) is 12.1. The molecule has 1 heterocycles. The molecule has 5 nitrogen and oxygen atoms in total. The normalized spacial score (nSPS) is 14.1. The summed E-state index contributed by atoms with van der Waals surface area (Å²) in [5.74, 6) is -3.45. The molecule has 1 rings (SSSR count). The smallest absolute Gasteiger partial charge is 0.330 e. The molecule has 0 spiro atoms. The minimum absolute atomic E-state index is 0.0497. The monoisotopic (exact) mass is 313 g/mol. The minimum Gasteiger partial charge on any atom is -0.367 e. The molecule has 122 valence electrons. The predicted molar refractivity (Wildman–Crippen MR) is 66.3 cm³/mol. The van der Waals surface area contributed by atoms with E-state index in [1.807, 2.05) is 13.8 Å². The fourth-order valence-electron chi connectivity index (χ4n) is 1.63. The zero-order valence-electron chi connectivity index (χ0n) is 12.1. The third-order valence-corrected chi connectivity index (χ3v) is 2.93. The van der Waals surface area contributed by atoms with E-state index in [9.17, 15) is 17.6 Å². The minimum atomic E-state index is -4.18. The molecule has 1 aromatic rings. The number of rotatable bonds is 9. The molecule has 0 aromatic carbocycles. The Balaban J connectivity index is 2.45. The van der Waals surface area contributed by atoms with E-state index in [-0.39, 0.29) is 11.9 Å². The Morgan fingerprint density at radius 2 is 2.00 bits per heavy atom. The Hall–Kier alpha value is -1.22. The van der Waals surface area contributed by atoms with Crippen LogP contribution in [0.4, 0.5) is 17.6 Å². The van der Waals surface area contributed by atoms with Gasteiger partial charge in [0.05, 0.1) is 0 Å². The highest BCUT2D eigenvalue weighted by molar-refractivity contribution is 4.89. The van der Waals surface area contributed by atoms with Gasteiger partial charge in [-0.1, -0.05) is 19.0 Å². The first-order chi connectivity index (χ1) is 9.76. The maximum Gasteiger partial charge on any atom is 0.330 e. The van der Waals surface area contributed by atoms with Gasteiger partial charge < -0.3 is 14.6 Å². The highest BCUT2D eigenvalue weighted by atomic mass is 19.3. The molecule has 1 unspecified atom stereocenters. The molecule has 0 fully saturated rings. The Bertz CT molecular complexity index is 426. The molecule has 21 heavy (non-hydrogen) atoms. The lowest BCUT2D eigenvalue weighted by Crippen LogP contribution is -2.32. The predicted octanol–water partition coefficient (Wildman–Crippen LogP) is 2.27. The average Bonchev–Trinajstić information content (AvgIpc) is 2.82. The molecule has 1 aromatic heterocycles. The van der Waals surface area contributed by atoms with E-state index in [4.69, 9.17) is 4.52 Å². The molecule has 1 N–H and O–H groups in total. The molecule has 0 aliphatic carbocycles. The number of hydrogen-bond donors (Lipinski definition) is 1. The summed E-state index contributed by atoms with van der Waals surface area (Å²) in [5.41, 5.74) is 0. The van der Waals surface area contributed by atoms with Gasteiger partial charge in [-0.05, 0) is 13.0 Å². The summed E-state index contributed by atoms with van der Waals surface area (Å²) >= 11 is 0. The molecule has 0 bridgehead atoms. The van der Waals surface area contributed by atoms with Crippen molar-refractivity contribution in [1.82, 2.24) is 15.5 Å². The number of likely N-dealkylation sites (N-methyl/N-ethyl adjacent to an activating group) is 1. The lowest BCUT2D eigenvalue weighted by atomic mass is 10.0. The molecule has 9 heteroatoms. The van der Waals surface area contributed by atoms with Crippen LogP contribution in [0.1, 0.15) is 25.6 Å². The quantitative estimate of drug-likeness (QED) is 0.709. The maximum atomic E-state index is 12.6. The van der Waals surface area contributed by atoms with Gasteiger partial charge >= 0.3 is 12.3 Å². The van der Waals surface area contributed by atoms with Crippen LogP contribution in [0, 0.1) is 5.92 Å². The summed E-state index contributed by atoms with van der Waals surface area (Å²) < 4.78 is 58.5. The van der Waals surface area contributed by atoms with E-state index in [0.29, 0.717) is 18.2 Å². The fourth-order valence-corrected chi connectivity index (χ4v) is 1.63. The van der Waals surface area contributed by atoms with Crippen molar-refractivity contribution in [3.05, 3.63) is 11.7 Å². The first-order valence-corrected chi connectivity index (χ1v) is 6.48. The van der Waals surface area contributed by atoms with Crippen molar-refractivity contribution in [2.75, 3.05) is 13.7 Å². The van der Waals surface area contributed by atoms with Crippen LogP contribution in [0.3, 0.4) is 0 Å². The number of hydrogen-bond acceptors (Lipinski definition) is 5. The van der Waals surface area contributed by atoms with Gasteiger partial charge in [0.1, 0.15) is 13.2 Å². The van der Waals surface area contributed by atoms with Gasteiger partial charge in [0, 0.05) is 12.5 Å². The van der Waals surface area contributed by atoms with Crippen LogP contribution in [-0.2, 0) is 17.8 Å². The molecule has 1 atom stereocenters. The first-order valence-electron chi connectivity index (χ1n) is 6.48. The van der Waals surface area contributed by atoms with Crippen molar-refractivity contribution >= 4 is 0 Å². The number of halogens is 4. The van der Waals surface area contributed by atoms with Gasteiger partial charge in [-0.15, -0.1) is 0 Å². The molecular weight excluding hydrogens is 294 g/mol. The van der Waals surface area contributed by atoms with Crippen LogP contribution in [0.25, 0.3) is 0 Å². The lowest BCUT2D eigenvalue weighted by Gasteiger charge is -2.17. The van der Waals surface area contributed by atoms with Gasteiger partial charge in [0.15, 0.2) is 5.82 Å². The first kappa shape index (κ1) is 17.8. The number of nitrogens with zero attached hydrogens (tertiary/aromatic N) is 2. The standard InChI is InChI=1S/C12H19F4N3O2/c1-7(2)8(17-3)4-10-18-9(19-21-10)5-20-6-12(15,16)11(13)14/h7-8,11,17H,4-6H2,1-3H3. The molecule has 0 radical (unpaired) electrons. The number of alkyl halides is 4. The highest BCUT2D eigenvalue weighted by Gasteiger charge is 2.41. The maximum absolute atomic E-state index is 12.6. The van der Waals surface area contributed by atoms with E-state index in [2.05, 4.69) is 20.2 Å². The average molecular weight is 313 g/mol. The third kappa shape index (κ3) is 5.58. The molecule has 0 aliphatic heterocycles. The largest absolute Gasteiger partial charge is 0.367 e. The van der Waals surface area contributed by atoms with E-state index < -0.39 is 25.6 Å². The van der Waals surface area contributed by atoms with Crippen LogP contribution in [0.15, 0.2) is 4.52 Å². The molecule has 0 amide bonds. The van der Waals surface area contributed by atoms with E-state index in [1.54, 1.807) is 7.05 Å². The van der Waals surface area contributed by atoms with Crippen LogP contribution in [0.2, 0.25) is 0 Å². The van der Waals surface area contributed by atoms with Gasteiger partial charge in [-0.2, -0.15) is 13.8 Å². The molecule has 0 saturated carbocycles. The van der Waals surface area contributed by atoms with Crippen molar-refractivity contribution in [3.8, 4) is 0 Å². The van der Waals surface area contributed by atoms with Crippen molar-refractivity contribution < 1.29 is 26.8 Å². The SMILES string of the molecule is CNC(Cc1nc(COCC(F)(F)C(F)F)no1)C(C)C. The lowest BCUT2D eigenvalue weighted by molar-refractivity contribution is -0.168. The summed E-state index contributed by atoms with van der Waals surface area (Å²) in [4.78, 5) is 3.97. The Kier molecular flexibility index (Phi) is 6.53. The number of aromatic nitrogens is 2. The second-order valence-corrected chi connectivity index (χ2v) is 5.00. The second-order valence-electron chi connectivity index (χ2n) is 5.00. The van der Waals surface area contributed by atoms with Crippen molar-refractivity contribution in [2.24, 2.45) is 5.92 Å². The number of nitrogens with one attached hydrogen (secondary N) is 1. The third-order valence-electron chi connectivity index (χ3n) is 2.93. The second kappa shape index (κ2) is 7.69. The van der Waals surface area contributed by atoms with Crippen LogP contribution in [-0.4, -0.2) is 42.2 Å². The van der Waals surface area contributed by atoms with E-state index in [0.717, 1.165) is 0 Å². The topological polar surface area (TPSA) is 60.2 Å². The summed E-state index contributed by atoms with van der Waals surface area (Å²) in [7, 11) is 1.80. The van der Waals surface area contributed by atoms with E-state index in [1.165, 1.54) is 0 Å². The van der Waals surface area contributed by atoms with Gasteiger partial charge in [-0.3, -0.25) is 0 Å². The summed E-state index contributed by atoms with van der Waals surface area (Å²) in [6, 6.07) is 0.127. The van der Waals surface area contributed by atoms with Crippen molar-refractivity contribution in [1.29, 1.82) is 0 Å². The van der Waals surface area contributed by atoms with Crippen LogP contribution >= 0.6 is 0 Å². The summed E-state index contributed by atoms with van der Waals surface area (Å²) in [5, 5.41) is 6.65. The van der Waals surface area contributed by atoms with Gasteiger partial charge in [-0.25, -0.2) is 8.78 Å². The Morgan fingerprint density at radius 1 is 1.33 bits per heavy atom. The highest BCUT2D eigenvalue weighted by Crippen LogP contribution is 2.23. The molecule has 0 saturated heterocycles. The summed E-state index contributed by atoms with van der Waals surface area (Å²) in [6.45, 7) is 2.25. The number of ether oxygens (including phenoxy) is 1. The van der Waals surface area contributed by atoms with E-state index >= 15 is 0 Å². The van der Waals surface area contributed by atoms with Crippen LogP contribution < -0.4 is 5.32 Å². The van der Waals surface area contributed by atoms with Crippen molar-refractivity contribution in [3.63, 3.8) is 0 Å². The molecule has 0 aliphatic rings. The molecular formula is C12H19F4N3O2. The van der Waals surface area contributed by atoms with Crippen molar-refractivity contribution in [2.45, 2.75) is 45.3 Å². The zero-order chi connectivity index (χ0) is 16.0.